The molecule has 1 aromatic carbocycles. The lowest BCUT2D eigenvalue weighted by Gasteiger charge is -2.14. The van der Waals surface area contributed by atoms with Crippen molar-refractivity contribution in [2.24, 2.45) is 0 Å². The summed E-state index contributed by atoms with van der Waals surface area (Å²) in [4.78, 5) is 31.3. The highest BCUT2D eigenvalue weighted by Crippen LogP contribution is 2.34. The van der Waals surface area contributed by atoms with E-state index in [-0.39, 0.29) is 11.5 Å². The van der Waals surface area contributed by atoms with Crippen LogP contribution in [0.25, 0.3) is 22.2 Å². The highest BCUT2D eigenvalue weighted by Gasteiger charge is 2.15. The van der Waals surface area contributed by atoms with E-state index in [1.807, 2.05) is 13.0 Å². The Kier molecular flexibility index (Phi) is 4.52. The summed E-state index contributed by atoms with van der Waals surface area (Å²) in [7, 11) is 1.59. The first-order valence-electron chi connectivity index (χ1n) is 8.01. The standard InChI is InChI=1S/C19H19N3O3/c1-4-16(23)21-13-7-8-15(25-3)17-11(2)10-14(22-18(13)17)12-6-5-9-20-19(12)24/h5-10H,4H2,1-3H3,(H,20,24)(H,21,23). The lowest BCUT2D eigenvalue weighted by atomic mass is 10.0. The van der Waals surface area contributed by atoms with Crippen LogP contribution in [0, 0.1) is 6.92 Å². The third-order valence-corrected chi connectivity index (χ3v) is 4.03. The number of carbonyl (C=O) groups excluding carboxylic acids is 1. The fourth-order valence-electron chi connectivity index (χ4n) is 2.77. The predicted molar refractivity (Wildman–Crippen MR) is 98.0 cm³/mol. The number of hydrogen-bond donors (Lipinski definition) is 2. The highest BCUT2D eigenvalue weighted by molar-refractivity contribution is 6.04. The SMILES string of the molecule is CCC(=O)Nc1ccc(OC)c2c(C)cc(-c3ccc[nH]c3=O)nc12. The van der Waals surface area contributed by atoms with Gasteiger partial charge in [0.05, 0.1) is 29.6 Å². The minimum Gasteiger partial charge on any atom is -0.496 e. The molecule has 0 atom stereocenters. The van der Waals surface area contributed by atoms with Gasteiger partial charge in [-0.15, -0.1) is 0 Å². The summed E-state index contributed by atoms with van der Waals surface area (Å²) in [5.74, 6) is 0.567. The van der Waals surface area contributed by atoms with Gasteiger partial charge in [-0.05, 0) is 42.8 Å². The number of carbonyl (C=O) groups is 1. The van der Waals surface area contributed by atoms with Crippen molar-refractivity contribution in [2.45, 2.75) is 20.3 Å². The van der Waals surface area contributed by atoms with Crippen LogP contribution in [-0.2, 0) is 4.79 Å². The van der Waals surface area contributed by atoms with Gasteiger partial charge < -0.3 is 15.0 Å². The number of aromatic nitrogens is 2. The fraction of sp³-hybridized carbons (Fsp3) is 0.211. The lowest BCUT2D eigenvalue weighted by Crippen LogP contribution is -2.11. The van der Waals surface area contributed by atoms with Gasteiger partial charge in [0.15, 0.2) is 0 Å². The van der Waals surface area contributed by atoms with Crippen LogP contribution in [0.4, 0.5) is 5.69 Å². The molecule has 0 aliphatic carbocycles. The normalized spacial score (nSPS) is 10.7. The summed E-state index contributed by atoms with van der Waals surface area (Å²) < 4.78 is 5.44. The maximum atomic E-state index is 12.1. The zero-order valence-corrected chi connectivity index (χ0v) is 14.3. The second-order valence-electron chi connectivity index (χ2n) is 5.68. The van der Waals surface area contributed by atoms with Gasteiger partial charge in [0.25, 0.3) is 5.56 Å². The maximum absolute atomic E-state index is 12.1. The van der Waals surface area contributed by atoms with E-state index in [1.54, 1.807) is 44.5 Å². The number of fused-ring (bicyclic) bond motifs is 1. The summed E-state index contributed by atoms with van der Waals surface area (Å²) in [5.41, 5.74) is 2.91. The Morgan fingerprint density at radius 2 is 2.12 bits per heavy atom. The Bertz CT molecular complexity index is 1010. The maximum Gasteiger partial charge on any atom is 0.257 e. The third kappa shape index (κ3) is 3.10. The number of hydrogen-bond acceptors (Lipinski definition) is 4. The zero-order valence-electron chi connectivity index (χ0n) is 14.3. The number of anilines is 1. The van der Waals surface area contributed by atoms with Crippen LogP contribution in [0.15, 0.2) is 41.3 Å². The van der Waals surface area contributed by atoms with Crippen LogP contribution in [0.2, 0.25) is 0 Å². The molecule has 2 N–H and O–H groups in total. The minimum atomic E-state index is -0.212. The first kappa shape index (κ1) is 16.7. The first-order valence-corrected chi connectivity index (χ1v) is 8.01. The predicted octanol–water partition coefficient (Wildman–Crippen LogP) is 3.26. The Morgan fingerprint density at radius 1 is 1.32 bits per heavy atom. The van der Waals surface area contributed by atoms with Crippen molar-refractivity contribution < 1.29 is 9.53 Å². The van der Waals surface area contributed by atoms with Crippen LogP contribution >= 0.6 is 0 Å². The Morgan fingerprint density at radius 3 is 2.80 bits per heavy atom. The second-order valence-corrected chi connectivity index (χ2v) is 5.68. The van der Waals surface area contributed by atoms with E-state index in [1.165, 1.54) is 0 Å². The molecule has 0 spiro atoms. The summed E-state index contributed by atoms with van der Waals surface area (Å²) in [6.07, 6.45) is 1.94. The molecule has 0 saturated carbocycles. The van der Waals surface area contributed by atoms with Crippen LogP contribution in [-0.4, -0.2) is 23.0 Å². The van der Waals surface area contributed by atoms with Crippen LogP contribution in [0.1, 0.15) is 18.9 Å². The zero-order chi connectivity index (χ0) is 18.0. The van der Waals surface area contributed by atoms with Gasteiger partial charge in [-0.3, -0.25) is 9.59 Å². The van der Waals surface area contributed by atoms with Crippen molar-refractivity contribution >= 4 is 22.5 Å². The molecular weight excluding hydrogens is 318 g/mol. The molecular formula is C19H19N3O3. The molecule has 0 fully saturated rings. The average molecular weight is 337 g/mol. The van der Waals surface area contributed by atoms with Crippen molar-refractivity contribution in [1.29, 1.82) is 0 Å². The molecule has 2 heterocycles. The number of ether oxygens (including phenoxy) is 1. The van der Waals surface area contributed by atoms with Crippen molar-refractivity contribution in [3.63, 3.8) is 0 Å². The molecule has 6 heteroatoms. The van der Waals surface area contributed by atoms with Gasteiger partial charge in [0.2, 0.25) is 5.91 Å². The van der Waals surface area contributed by atoms with Crippen LogP contribution in [0.3, 0.4) is 0 Å². The number of nitrogens with one attached hydrogen (secondary N) is 2. The van der Waals surface area contributed by atoms with E-state index >= 15 is 0 Å². The molecule has 3 rings (SSSR count). The number of methoxy groups -OCH3 is 1. The van der Waals surface area contributed by atoms with Gasteiger partial charge in [0.1, 0.15) is 5.75 Å². The van der Waals surface area contributed by atoms with E-state index < -0.39 is 0 Å². The molecule has 2 aromatic heterocycles. The number of benzene rings is 1. The summed E-state index contributed by atoms with van der Waals surface area (Å²) >= 11 is 0. The van der Waals surface area contributed by atoms with Gasteiger partial charge in [0, 0.05) is 18.0 Å². The summed E-state index contributed by atoms with van der Waals surface area (Å²) in [6.45, 7) is 3.72. The Balaban J connectivity index is 2.30. The third-order valence-electron chi connectivity index (χ3n) is 4.03. The number of aromatic amines is 1. The molecule has 3 aromatic rings. The monoisotopic (exact) mass is 337 g/mol. The molecule has 0 saturated heterocycles. The molecule has 0 radical (unpaired) electrons. The van der Waals surface area contributed by atoms with E-state index in [9.17, 15) is 9.59 Å². The van der Waals surface area contributed by atoms with Crippen molar-refractivity contribution in [3.05, 3.63) is 52.4 Å². The van der Waals surface area contributed by atoms with Crippen LogP contribution < -0.4 is 15.6 Å². The van der Waals surface area contributed by atoms with E-state index in [2.05, 4.69) is 15.3 Å². The summed E-state index contributed by atoms with van der Waals surface area (Å²) in [6, 6.07) is 8.89. The second kappa shape index (κ2) is 6.76. The molecule has 0 unspecified atom stereocenters. The molecule has 0 aliphatic heterocycles. The van der Waals surface area contributed by atoms with Crippen molar-refractivity contribution in [2.75, 3.05) is 12.4 Å². The van der Waals surface area contributed by atoms with Gasteiger partial charge in [-0.1, -0.05) is 6.92 Å². The minimum absolute atomic E-state index is 0.103. The molecule has 0 bridgehead atoms. The molecule has 25 heavy (non-hydrogen) atoms. The molecule has 1 amide bonds. The van der Waals surface area contributed by atoms with E-state index in [0.717, 1.165) is 10.9 Å². The molecule has 128 valence electrons. The quantitative estimate of drug-likeness (QED) is 0.765. The number of nitrogens with zero attached hydrogens (tertiary/aromatic N) is 1. The van der Waals surface area contributed by atoms with Crippen molar-refractivity contribution in [1.82, 2.24) is 9.97 Å². The Labute approximate surface area is 144 Å². The number of aryl methyl sites for hydroxylation is 1. The number of rotatable bonds is 4. The lowest BCUT2D eigenvalue weighted by molar-refractivity contribution is -0.115. The Hall–Kier alpha value is -3.15. The number of amides is 1. The first-order chi connectivity index (χ1) is 12.0. The molecule has 6 nitrogen and oxygen atoms in total. The van der Waals surface area contributed by atoms with E-state index in [4.69, 9.17) is 4.74 Å². The topological polar surface area (TPSA) is 84.1 Å². The highest BCUT2D eigenvalue weighted by atomic mass is 16.5. The fourth-order valence-corrected chi connectivity index (χ4v) is 2.77. The van der Waals surface area contributed by atoms with Gasteiger partial charge in [-0.25, -0.2) is 4.98 Å². The van der Waals surface area contributed by atoms with E-state index in [0.29, 0.717) is 34.6 Å². The average Bonchev–Trinajstić information content (AvgIpc) is 2.62. The number of pyridine rings is 2. The molecule has 0 aliphatic rings. The largest absolute Gasteiger partial charge is 0.496 e. The smallest absolute Gasteiger partial charge is 0.257 e. The van der Waals surface area contributed by atoms with Crippen LogP contribution in [0.5, 0.6) is 5.75 Å². The van der Waals surface area contributed by atoms with Gasteiger partial charge in [-0.2, -0.15) is 0 Å². The summed E-state index contributed by atoms with van der Waals surface area (Å²) in [5, 5.41) is 3.68. The number of H-pyrrole nitrogens is 1. The van der Waals surface area contributed by atoms with Gasteiger partial charge >= 0.3 is 0 Å². The van der Waals surface area contributed by atoms with Crippen molar-refractivity contribution in [3.8, 4) is 17.0 Å².